The number of nitrogens with zero attached hydrogens (tertiary/aromatic N) is 1. The minimum Gasteiger partial charge on any atom is -0.406 e. The normalized spacial score (nSPS) is 21.6. The van der Waals surface area contributed by atoms with Crippen molar-refractivity contribution in [2.45, 2.75) is 48.7 Å². The summed E-state index contributed by atoms with van der Waals surface area (Å²) < 4.78 is 69.9. The van der Waals surface area contributed by atoms with Gasteiger partial charge in [0.25, 0.3) is 0 Å². The van der Waals surface area contributed by atoms with Gasteiger partial charge in [0.05, 0.1) is 23.1 Å². The molecule has 2 N–H and O–H groups in total. The quantitative estimate of drug-likeness (QED) is 0.458. The molecule has 0 aromatic heterocycles. The molecule has 1 fully saturated rings. The maximum atomic E-state index is 13.1. The number of rotatable bonds is 5. The van der Waals surface area contributed by atoms with Gasteiger partial charge in [0.1, 0.15) is 5.75 Å². The Morgan fingerprint density at radius 2 is 1.43 bits per heavy atom. The smallest absolute Gasteiger partial charge is 0.406 e. The third-order valence-electron chi connectivity index (χ3n) is 6.66. The van der Waals surface area contributed by atoms with Gasteiger partial charge in [-0.05, 0) is 66.8 Å². The minimum atomic E-state index is -4.88. The Hall–Kier alpha value is -3.34. The number of nitrogens with one attached hydrogen (secondary N) is 1. The van der Waals surface area contributed by atoms with E-state index in [1.807, 2.05) is 60.7 Å². The molecule has 0 spiro atoms. The lowest BCUT2D eigenvalue weighted by Crippen LogP contribution is -2.55. The van der Waals surface area contributed by atoms with Gasteiger partial charge >= 0.3 is 6.36 Å². The van der Waals surface area contributed by atoms with Crippen LogP contribution in [0.4, 0.5) is 24.5 Å². The van der Waals surface area contributed by atoms with E-state index in [0.717, 1.165) is 46.8 Å². The molecule has 1 aliphatic carbocycles. The van der Waals surface area contributed by atoms with Crippen LogP contribution in [-0.4, -0.2) is 38.1 Å². The highest BCUT2D eigenvalue weighted by Gasteiger charge is 2.39. The van der Waals surface area contributed by atoms with Crippen molar-refractivity contribution in [3.63, 3.8) is 0 Å². The van der Waals surface area contributed by atoms with E-state index in [2.05, 4.69) is 14.4 Å². The summed E-state index contributed by atoms with van der Waals surface area (Å²) in [6.45, 7) is 0. The zero-order valence-electron chi connectivity index (χ0n) is 19.6. The van der Waals surface area contributed by atoms with Crippen molar-refractivity contribution in [1.29, 1.82) is 0 Å². The Labute approximate surface area is 213 Å². The highest BCUT2D eigenvalue weighted by atomic mass is 32.2. The topological polar surface area (TPSA) is 78.9 Å². The number of alkyl halides is 3. The molecule has 10 heteroatoms. The van der Waals surface area contributed by atoms with Crippen molar-refractivity contribution >= 4 is 33.6 Å². The molecule has 194 valence electrons. The van der Waals surface area contributed by atoms with Gasteiger partial charge in [-0.3, -0.25) is 0 Å². The summed E-state index contributed by atoms with van der Waals surface area (Å²) in [6, 6.07) is 18.5. The van der Waals surface area contributed by atoms with Crippen LogP contribution in [-0.2, 0) is 10.0 Å². The van der Waals surface area contributed by atoms with E-state index in [4.69, 9.17) is 0 Å². The summed E-state index contributed by atoms with van der Waals surface area (Å²) in [5.74, 6) is -0.517. The first-order valence-corrected chi connectivity index (χ1v) is 13.3. The average Bonchev–Trinajstić information content (AvgIpc) is 3.02. The molecule has 5 rings (SSSR count). The summed E-state index contributed by atoms with van der Waals surface area (Å²) in [5, 5.41) is 11.5. The first-order chi connectivity index (χ1) is 17.6. The van der Waals surface area contributed by atoms with Crippen LogP contribution in [0, 0.1) is 0 Å². The number of aliphatic hydroxyl groups excluding tert-OH is 1. The molecule has 2 aliphatic rings. The summed E-state index contributed by atoms with van der Waals surface area (Å²) in [7, 11) is -4.11. The fourth-order valence-electron chi connectivity index (χ4n) is 5.02. The number of fused-ring (bicyclic) bond motifs is 2. The lowest BCUT2D eigenvalue weighted by atomic mass is 9.86. The number of para-hydroxylation sites is 2. The second-order valence-corrected chi connectivity index (χ2v) is 10.8. The van der Waals surface area contributed by atoms with Crippen LogP contribution in [0.5, 0.6) is 5.75 Å². The Balaban J connectivity index is 1.41. The van der Waals surface area contributed by atoms with Crippen LogP contribution in [0.1, 0.15) is 30.4 Å². The Kier molecular flexibility index (Phi) is 6.74. The molecule has 0 bridgehead atoms. The molecule has 0 saturated heterocycles. The standard InChI is InChI=1S/C27H25F3N2O4S/c28-27(29,30)36-20-14-16-21(17-15-20)37(34,35)31-22-8-5-11-25(26(22)33)32-23-9-3-1-6-18(23)12-13-19-7-2-4-10-24(19)32/h1-4,6-7,9-10,12-17,22,25-26,31,33H,5,8,11H2/t22-,25+,26+/m0/s1. The number of halogens is 3. The summed E-state index contributed by atoms with van der Waals surface area (Å²) >= 11 is 0. The third kappa shape index (κ3) is 5.36. The molecule has 1 heterocycles. The monoisotopic (exact) mass is 530 g/mol. The van der Waals surface area contributed by atoms with Gasteiger partial charge in [-0.25, -0.2) is 13.1 Å². The summed E-state index contributed by atoms with van der Waals surface area (Å²) in [5.41, 5.74) is 3.79. The maximum absolute atomic E-state index is 13.1. The number of ether oxygens (including phenoxy) is 1. The first kappa shape index (κ1) is 25.3. The molecule has 3 aromatic carbocycles. The van der Waals surface area contributed by atoms with E-state index >= 15 is 0 Å². The van der Waals surface area contributed by atoms with E-state index in [9.17, 15) is 26.7 Å². The SMILES string of the molecule is O=S(=O)(N[C@H]1CCC[C@@H](N2c3ccccc3C=Cc3ccccc32)[C@@H]1O)c1ccc(OC(F)(F)F)cc1. The number of hydrogen-bond acceptors (Lipinski definition) is 5. The van der Waals surface area contributed by atoms with Crippen molar-refractivity contribution in [2.24, 2.45) is 0 Å². The lowest BCUT2D eigenvalue weighted by Gasteiger charge is -2.43. The molecule has 1 saturated carbocycles. The van der Waals surface area contributed by atoms with Gasteiger partial charge in [-0.1, -0.05) is 48.6 Å². The van der Waals surface area contributed by atoms with E-state index < -0.39 is 40.3 Å². The van der Waals surface area contributed by atoms with Crippen LogP contribution in [0.15, 0.2) is 77.7 Å². The predicted molar refractivity (Wildman–Crippen MR) is 135 cm³/mol. The molecular formula is C27H25F3N2O4S. The highest BCUT2D eigenvalue weighted by molar-refractivity contribution is 7.89. The van der Waals surface area contributed by atoms with Gasteiger partial charge < -0.3 is 14.7 Å². The van der Waals surface area contributed by atoms with Crippen molar-refractivity contribution in [2.75, 3.05) is 4.90 Å². The van der Waals surface area contributed by atoms with Crippen LogP contribution in [0.2, 0.25) is 0 Å². The fraction of sp³-hybridized carbons (Fsp3) is 0.259. The van der Waals surface area contributed by atoms with Gasteiger partial charge in [-0.15, -0.1) is 13.2 Å². The third-order valence-corrected chi connectivity index (χ3v) is 8.17. The predicted octanol–water partition coefficient (Wildman–Crippen LogP) is 5.47. The summed E-state index contributed by atoms with van der Waals surface area (Å²) in [4.78, 5) is 1.87. The number of anilines is 2. The van der Waals surface area contributed by atoms with Crippen LogP contribution in [0.25, 0.3) is 12.2 Å². The van der Waals surface area contributed by atoms with Crippen LogP contribution >= 0.6 is 0 Å². The Morgan fingerprint density at radius 3 is 2.00 bits per heavy atom. The lowest BCUT2D eigenvalue weighted by molar-refractivity contribution is -0.274. The van der Waals surface area contributed by atoms with Crippen LogP contribution < -0.4 is 14.4 Å². The molecule has 0 radical (unpaired) electrons. The van der Waals surface area contributed by atoms with Crippen molar-refractivity contribution < 1.29 is 31.4 Å². The van der Waals surface area contributed by atoms with E-state index in [-0.39, 0.29) is 4.90 Å². The largest absolute Gasteiger partial charge is 0.573 e. The average molecular weight is 531 g/mol. The molecule has 3 atom stereocenters. The van der Waals surface area contributed by atoms with Gasteiger partial charge in [0.2, 0.25) is 10.0 Å². The van der Waals surface area contributed by atoms with Crippen LogP contribution in [0.3, 0.4) is 0 Å². The molecule has 3 aromatic rings. The van der Waals surface area contributed by atoms with Crippen molar-refractivity contribution in [1.82, 2.24) is 4.72 Å². The molecule has 1 aliphatic heterocycles. The Bertz CT molecular complexity index is 1360. The molecule has 37 heavy (non-hydrogen) atoms. The first-order valence-electron chi connectivity index (χ1n) is 11.8. The molecule has 0 amide bonds. The molecule has 0 unspecified atom stereocenters. The van der Waals surface area contributed by atoms with E-state index in [1.165, 1.54) is 0 Å². The van der Waals surface area contributed by atoms with Gasteiger partial charge in [0.15, 0.2) is 0 Å². The second-order valence-electron chi connectivity index (χ2n) is 9.06. The van der Waals surface area contributed by atoms with E-state index in [0.29, 0.717) is 19.3 Å². The Morgan fingerprint density at radius 1 is 0.865 bits per heavy atom. The zero-order valence-corrected chi connectivity index (χ0v) is 20.4. The zero-order chi connectivity index (χ0) is 26.2. The van der Waals surface area contributed by atoms with Gasteiger partial charge in [0, 0.05) is 11.4 Å². The molecular weight excluding hydrogens is 505 g/mol. The van der Waals surface area contributed by atoms with Crippen molar-refractivity contribution in [3.05, 3.63) is 83.9 Å². The van der Waals surface area contributed by atoms with E-state index in [1.54, 1.807) is 0 Å². The molecule has 6 nitrogen and oxygen atoms in total. The summed E-state index contributed by atoms with van der Waals surface area (Å²) in [6.07, 6.45) is -0.143. The van der Waals surface area contributed by atoms with Gasteiger partial charge in [-0.2, -0.15) is 0 Å². The minimum absolute atomic E-state index is 0.217. The fourth-order valence-corrected chi connectivity index (χ4v) is 6.30. The second kappa shape index (κ2) is 9.85. The number of aliphatic hydroxyl groups is 1. The maximum Gasteiger partial charge on any atom is 0.573 e. The number of hydrogen-bond donors (Lipinski definition) is 2. The number of benzene rings is 3. The number of sulfonamides is 1. The van der Waals surface area contributed by atoms with Crippen molar-refractivity contribution in [3.8, 4) is 5.75 Å². The highest BCUT2D eigenvalue weighted by Crippen LogP contribution is 2.41.